The second kappa shape index (κ2) is 9.29. The second-order valence-electron chi connectivity index (χ2n) is 5.75. The molecule has 0 aliphatic heterocycles. The molecule has 0 bridgehead atoms. The van der Waals surface area contributed by atoms with E-state index in [1.165, 1.54) is 11.3 Å². The molecule has 1 atom stereocenters. The number of carbonyl (C=O) groups excluding carboxylic acids is 1. The highest BCUT2D eigenvalue weighted by atomic mass is 32.1. The van der Waals surface area contributed by atoms with Crippen LogP contribution in [0.2, 0.25) is 0 Å². The highest BCUT2D eigenvalue weighted by Gasteiger charge is 2.20. The molecule has 0 aliphatic rings. The summed E-state index contributed by atoms with van der Waals surface area (Å²) in [7, 11) is 1.58. The van der Waals surface area contributed by atoms with Gasteiger partial charge in [0.05, 0.1) is 12.3 Å². The lowest BCUT2D eigenvalue weighted by molar-refractivity contribution is -0.137. The summed E-state index contributed by atoms with van der Waals surface area (Å²) in [4.78, 5) is 28.4. The fraction of sp³-hybridized carbons (Fsp3) is 0.389. The van der Waals surface area contributed by atoms with Gasteiger partial charge >= 0.3 is 5.97 Å². The first-order valence-electron chi connectivity index (χ1n) is 8.01. The number of aliphatic carboxylic acids is 1. The molecule has 1 heterocycles. The van der Waals surface area contributed by atoms with Crippen molar-refractivity contribution in [2.75, 3.05) is 7.11 Å². The molecule has 0 radical (unpaired) electrons. The minimum absolute atomic E-state index is 0.00831. The molecule has 0 fully saturated rings. The first kappa shape index (κ1) is 19.1. The molecule has 1 aromatic carbocycles. The number of benzene rings is 1. The van der Waals surface area contributed by atoms with Gasteiger partial charge in [-0.2, -0.15) is 0 Å². The Kier molecular flexibility index (Phi) is 7.09. The number of carboxylic acids is 1. The molecule has 1 aromatic heterocycles. The fourth-order valence-electron chi connectivity index (χ4n) is 2.52. The monoisotopic (exact) mass is 362 g/mol. The predicted molar refractivity (Wildman–Crippen MR) is 95.8 cm³/mol. The van der Waals surface area contributed by atoms with Crippen molar-refractivity contribution in [1.29, 1.82) is 0 Å². The van der Waals surface area contributed by atoms with Gasteiger partial charge in [-0.3, -0.25) is 9.59 Å². The lowest BCUT2D eigenvalue weighted by atomic mass is 10.0. The Hall–Kier alpha value is -2.25. The molecule has 1 unspecified atom stereocenters. The van der Waals surface area contributed by atoms with E-state index in [0.717, 1.165) is 10.6 Å². The summed E-state index contributed by atoms with van der Waals surface area (Å²) in [5, 5.41) is 12.7. The number of aromatic nitrogens is 1. The molecular weight excluding hydrogens is 340 g/mol. The van der Waals surface area contributed by atoms with Crippen LogP contribution < -0.4 is 5.32 Å². The number of amides is 1. The van der Waals surface area contributed by atoms with Crippen molar-refractivity contribution in [1.82, 2.24) is 10.3 Å². The van der Waals surface area contributed by atoms with Crippen molar-refractivity contribution < 1.29 is 19.4 Å². The Balaban J connectivity index is 2.08. The molecule has 2 rings (SSSR count). The first-order chi connectivity index (χ1) is 12.0. The highest BCUT2D eigenvalue weighted by molar-refractivity contribution is 7.13. The van der Waals surface area contributed by atoms with Gasteiger partial charge in [-0.15, -0.1) is 11.3 Å². The number of carboxylic acid groups (broad SMARTS) is 1. The predicted octanol–water partition coefficient (Wildman–Crippen LogP) is 2.80. The van der Waals surface area contributed by atoms with Crippen molar-refractivity contribution >= 4 is 23.2 Å². The van der Waals surface area contributed by atoms with Crippen LogP contribution in [0, 0.1) is 6.92 Å². The number of nitrogens with one attached hydrogen (secondary N) is 1. The van der Waals surface area contributed by atoms with Crippen LogP contribution in [0.25, 0.3) is 0 Å². The number of hydrogen-bond acceptors (Lipinski definition) is 5. The van der Waals surface area contributed by atoms with Crippen LogP contribution in [-0.2, 0) is 22.6 Å². The number of rotatable bonds is 9. The van der Waals surface area contributed by atoms with Crippen molar-refractivity contribution in [3.05, 3.63) is 51.5 Å². The maximum atomic E-state index is 12.6. The van der Waals surface area contributed by atoms with Gasteiger partial charge in [0, 0.05) is 19.6 Å². The summed E-state index contributed by atoms with van der Waals surface area (Å²) in [6.45, 7) is 2.15. The molecule has 134 valence electrons. The quantitative estimate of drug-likeness (QED) is 0.716. The number of thiazole rings is 1. The van der Waals surface area contributed by atoms with Gasteiger partial charge in [-0.05, 0) is 25.3 Å². The number of hydrogen-bond donors (Lipinski definition) is 2. The summed E-state index contributed by atoms with van der Waals surface area (Å²) in [6.07, 6.45) is 0.968. The van der Waals surface area contributed by atoms with E-state index in [1.807, 2.05) is 30.3 Å². The Labute approximate surface area is 150 Å². The van der Waals surface area contributed by atoms with Gasteiger partial charge in [0.1, 0.15) is 9.88 Å². The third-order valence-corrected chi connectivity index (χ3v) is 4.81. The van der Waals surface area contributed by atoms with Gasteiger partial charge < -0.3 is 15.2 Å². The normalized spacial score (nSPS) is 11.9. The van der Waals surface area contributed by atoms with Crippen LogP contribution in [0.1, 0.15) is 38.8 Å². The first-order valence-corrected chi connectivity index (χ1v) is 8.83. The van der Waals surface area contributed by atoms with Crippen LogP contribution >= 0.6 is 11.3 Å². The maximum Gasteiger partial charge on any atom is 0.303 e. The standard InChI is InChI=1S/C18H22N2O4S/c1-12-17(25-15(19-12)11-24-2)18(23)20-14(8-9-16(21)22)10-13-6-4-3-5-7-13/h3-7,14H,8-11H2,1-2H3,(H,20,23)(H,21,22). The summed E-state index contributed by atoms with van der Waals surface area (Å²) < 4.78 is 5.05. The minimum atomic E-state index is -0.872. The third kappa shape index (κ3) is 5.95. The number of aryl methyl sites for hydroxylation is 1. The number of carbonyl (C=O) groups is 2. The Morgan fingerprint density at radius 2 is 2.04 bits per heavy atom. The smallest absolute Gasteiger partial charge is 0.303 e. The van der Waals surface area contributed by atoms with Gasteiger partial charge in [-0.1, -0.05) is 30.3 Å². The second-order valence-corrected chi connectivity index (χ2v) is 6.83. The minimum Gasteiger partial charge on any atom is -0.481 e. The van der Waals surface area contributed by atoms with Crippen LogP contribution in [0.3, 0.4) is 0 Å². The molecule has 6 nitrogen and oxygen atoms in total. The highest BCUT2D eigenvalue weighted by Crippen LogP contribution is 2.19. The Morgan fingerprint density at radius 3 is 2.68 bits per heavy atom. The van der Waals surface area contributed by atoms with Gasteiger partial charge in [0.2, 0.25) is 0 Å². The Bertz CT molecular complexity index is 715. The zero-order chi connectivity index (χ0) is 18.2. The van der Waals surface area contributed by atoms with E-state index in [-0.39, 0.29) is 18.4 Å². The topological polar surface area (TPSA) is 88.5 Å². The van der Waals surface area contributed by atoms with Crippen LogP contribution in [0.15, 0.2) is 30.3 Å². The third-order valence-electron chi connectivity index (χ3n) is 3.68. The lowest BCUT2D eigenvalue weighted by Gasteiger charge is -2.18. The average Bonchev–Trinajstić information content (AvgIpc) is 2.94. The molecule has 0 saturated heterocycles. The van der Waals surface area contributed by atoms with Gasteiger partial charge in [-0.25, -0.2) is 4.98 Å². The van der Waals surface area contributed by atoms with Crippen LogP contribution in [-0.4, -0.2) is 35.1 Å². The molecule has 7 heteroatoms. The zero-order valence-electron chi connectivity index (χ0n) is 14.3. The summed E-state index contributed by atoms with van der Waals surface area (Å²) >= 11 is 1.30. The van der Waals surface area contributed by atoms with Gasteiger partial charge in [0.15, 0.2) is 0 Å². The number of nitrogens with zero attached hydrogens (tertiary/aromatic N) is 1. The molecule has 0 aliphatic carbocycles. The van der Waals surface area contributed by atoms with Crippen molar-refractivity contribution in [2.45, 2.75) is 38.8 Å². The summed E-state index contributed by atoms with van der Waals surface area (Å²) in [5.74, 6) is -1.09. The molecule has 25 heavy (non-hydrogen) atoms. The molecule has 0 saturated carbocycles. The molecule has 1 amide bonds. The van der Waals surface area contributed by atoms with E-state index in [1.54, 1.807) is 14.0 Å². The van der Waals surface area contributed by atoms with E-state index in [9.17, 15) is 9.59 Å². The Morgan fingerprint density at radius 1 is 1.32 bits per heavy atom. The van der Waals surface area contributed by atoms with E-state index < -0.39 is 5.97 Å². The van der Waals surface area contributed by atoms with Crippen molar-refractivity contribution in [2.24, 2.45) is 0 Å². The summed E-state index contributed by atoms with van der Waals surface area (Å²) in [6, 6.07) is 9.46. The average molecular weight is 362 g/mol. The molecule has 0 spiro atoms. The van der Waals surface area contributed by atoms with Crippen molar-refractivity contribution in [3.8, 4) is 0 Å². The van der Waals surface area contributed by atoms with Crippen LogP contribution in [0.4, 0.5) is 0 Å². The number of ether oxygens (including phenoxy) is 1. The lowest BCUT2D eigenvalue weighted by Crippen LogP contribution is -2.36. The van der Waals surface area contributed by atoms with Crippen molar-refractivity contribution in [3.63, 3.8) is 0 Å². The van der Waals surface area contributed by atoms with Crippen LogP contribution in [0.5, 0.6) is 0 Å². The van der Waals surface area contributed by atoms with E-state index >= 15 is 0 Å². The number of methoxy groups -OCH3 is 1. The van der Waals surface area contributed by atoms with E-state index in [4.69, 9.17) is 9.84 Å². The fourth-order valence-corrected chi connectivity index (χ4v) is 3.46. The molecule has 2 aromatic rings. The molecule has 2 N–H and O–H groups in total. The van der Waals surface area contributed by atoms with Gasteiger partial charge in [0.25, 0.3) is 5.91 Å². The summed E-state index contributed by atoms with van der Waals surface area (Å²) in [5.41, 5.74) is 1.71. The largest absolute Gasteiger partial charge is 0.481 e. The van der Waals surface area contributed by atoms with E-state index in [0.29, 0.717) is 30.0 Å². The SMILES string of the molecule is COCc1nc(C)c(C(=O)NC(CCC(=O)O)Cc2ccccc2)s1. The molecular formula is C18H22N2O4S. The zero-order valence-corrected chi connectivity index (χ0v) is 15.1. The maximum absolute atomic E-state index is 12.6. The van der Waals surface area contributed by atoms with E-state index in [2.05, 4.69) is 10.3 Å².